The summed E-state index contributed by atoms with van der Waals surface area (Å²) in [6, 6.07) is 62.0. The van der Waals surface area contributed by atoms with E-state index < -0.39 is 0 Å². The number of aromatic nitrogens is 2. The monoisotopic (exact) mass is 831 g/mol. The molecule has 8 aromatic carbocycles. The van der Waals surface area contributed by atoms with Crippen LogP contribution >= 0.6 is 0 Å². The van der Waals surface area contributed by atoms with Crippen LogP contribution in [0.2, 0.25) is 0 Å². The van der Waals surface area contributed by atoms with Crippen molar-refractivity contribution in [1.82, 2.24) is 9.13 Å². The lowest BCUT2D eigenvalue weighted by Crippen LogP contribution is -2.09. The normalized spacial score (nSPS) is 13.8. The van der Waals surface area contributed by atoms with E-state index in [1.807, 2.05) is 44.2 Å². The van der Waals surface area contributed by atoms with Crippen molar-refractivity contribution in [1.29, 1.82) is 10.5 Å². The largest absolute Gasteiger partial charge is 0.311 e. The van der Waals surface area contributed by atoms with Gasteiger partial charge in [0.05, 0.1) is 38.9 Å². The van der Waals surface area contributed by atoms with Crippen molar-refractivity contribution in [3.05, 3.63) is 224 Å². The van der Waals surface area contributed by atoms with Crippen LogP contribution in [0.25, 0.3) is 87.7 Å². The molecular weight excluding hydrogens is 791 g/mol. The molecule has 0 aliphatic heterocycles. The van der Waals surface area contributed by atoms with Gasteiger partial charge in [-0.1, -0.05) is 135 Å². The number of hydrogen-bond acceptors (Lipinski definition) is 3. The molecule has 11 rings (SSSR count). The highest BCUT2D eigenvalue weighted by molar-refractivity contribution is 6.30. The number of hydrogen-bond donors (Lipinski definition) is 0. The molecule has 2 aromatic heterocycles. The molecule has 2 heterocycles. The average molecular weight is 832 g/mol. The van der Waals surface area contributed by atoms with E-state index >= 15 is 0 Å². The van der Waals surface area contributed by atoms with Crippen molar-refractivity contribution in [3.8, 4) is 12.1 Å². The SMILES string of the molecule is C=C(C#N)/C(=C\C(C#N)=C(/C)n1c2ccccc2c2cc3c4c(cccc4c21)C(=C)/C3=C\C=C/C)n1c2ccc(N(c3ccccc3)c3ccccc3)cc2c2c3ccccc3ccc21. The first-order valence-electron chi connectivity index (χ1n) is 21.7. The molecule has 0 atom stereocenters. The maximum Gasteiger partial charge on any atom is 0.101 e. The molecule has 1 aliphatic carbocycles. The van der Waals surface area contributed by atoms with Crippen molar-refractivity contribution >= 4 is 105 Å². The van der Waals surface area contributed by atoms with Crippen molar-refractivity contribution in [2.75, 3.05) is 4.90 Å². The summed E-state index contributed by atoms with van der Waals surface area (Å²) in [5, 5.41) is 30.7. The number of rotatable bonds is 8. The van der Waals surface area contributed by atoms with Gasteiger partial charge in [-0.15, -0.1) is 0 Å². The van der Waals surface area contributed by atoms with Crippen LogP contribution in [0.3, 0.4) is 0 Å². The maximum atomic E-state index is 11.3. The fourth-order valence-corrected chi connectivity index (χ4v) is 10.0. The molecule has 0 saturated heterocycles. The second kappa shape index (κ2) is 15.5. The molecule has 0 spiro atoms. The molecule has 0 bridgehead atoms. The summed E-state index contributed by atoms with van der Waals surface area (Å²) in [6.45, 7) is 12.9. The van der Waals surface area contributed by atoms with Crippen LogP contribution in [0.5, 0.6) is 0 Å². The van der Waals surface area contributed by atoms with E-state index in [1.165, 1.54) is 0 Å². The fraction of sp³-hybridized carbons (Fsp3) is 0.0333. The van der Waals surface area contributed by atoms with E-state index in [1.54, 1.807) is 0 Å². The van der Waals surface area contributed by atoms with E-state index in [9.17, 15) is 10.5 Å². The molecule has 1 aliphatic rings. The van der Waals surface area contributed by atoms with Crippen molar-refractivity contribution in [2.45, 2.75) is 13.8 Å². The Kier molecular flexibility index (Phi) is 9.28. The molecule has 0 radical (unpaired) electrons. The van der Waals surface area contributed by atoms with E-state index in [2.05, 4.69) is 197 Å². The second-order valence-corrected chi connectivity index (χ2v) is 16.4. The van der Waals surface area contributed by atoms with Gasteiger partial charge in [-0.25, -0.2) is 0 Å². The van der Waals surface area contributed by atoms with Crippen molar-refractivity contribution in [2.24, 2.45) is 0 Å². The topological polar surface area (TPSA) is 60.7 Å². The summed E-state index contributed by atoms with van der Waals surface area (Å²) in [5.74, 6) is 0. The Bertz CT molecular complexity index is 3850. The average Bonchev–Trinajstić information content (AvgIpc) is 3.97. The lowest BCUT2D eigenvalue weighted by molar-refractivity contribution is 1.18. The molecule has 0 unspecified atom stereocenters. The number of nitrogens with zero attached hydrogens (tertiary/aromatic N) is 5. The lowest BCUT2D eigenvalue weighted by atomic mass is 9.99. The van der Waals surface area contributed by atoms with Gasteiger partial charge in [0, 0.05) is 49.7 Å². The number of para-hydroxylation sites is 3. The van der Waals surface area contributed by atoms with E-state index in [-0.39, 0.29) is 5.57 Å². The number of benzene rings is 8. The van der Waals surface area contributed by atoms with Gasteiger partial charge in [0.2, 0.25) is 0 Å². The van der Waals surface area contributed by atoms with Gasteiger partial charge in [-0.3, -0.25) is 0 Å². The second-order valence-electron chi connectivity index (χ2n) is 16.4. The van der Waals surface area contributed by atoms with Crippen molar-refractivity contribution < 1.29 is 0 Å². The summed E-state index contributed by atoms with van der Waals surface area (Å²) in [4.78, 5) is 2.26. The van der Waals surface area contributed by atoms with Crippen LogP contribution in [0.15, 0.2) is 212 Å². The Labute approximate surface area is 377 Å². The Morgan fingerprint density at radius 3 is 1.97 bits per heavy atom. The first-order valence-corrected chi connectivity index (χ1v) is 21.7. The zero-order chi connectivity index (χ0) is 44.3. The summed E-state index contributed by atoms with van der Waals surface area (Å²) in [7, 11) is 0. The molecule has 0 fully saturated rings. The van der Waals surface area contributed by atoms with E-state index in [0.29, 0.717) is 11.3 Å². The summed E-state index contributed by atoms with van der Waals surface area (Å²) in [5.41, 5.74) is 13.1. The molecule has 306 valence electrons. The molecule has 5 heteroatoms. The molecule has 0 saturated carbocycles. The summed E-state index contributed by atoms with van der Waals surface area (Å²) in [6.07, 6.45) is 8.11. The summed E-state index contributed by atoms with van der Waals surface area (Å²) < 4.78 is 4.33. The minimum Gasteiger partial charge on any atom is -0.311 e. The number of anilines is 3. The van der Waals surface area contributed by atoms with Crippen LogP contribution in [-0.2, 0) is 0 Å². The van der Waals surface area contributed by atoms with Gasteiger partial charge < -0.3 is 14.0 Å². The highest BCUT2D eigenvalue weighted by Gasteiger charge is 2.27. The molecule has 65 heavy (non-hydrogen) atoms. The van der Waals surface area contributed by atoms with Crippen molar-refractivity contribution in [3.63, 3.8) is 0 Å². The third-order valence-corrected chi connectivity index (χ3v) is 12.9. The molecule has 0 amide bonds. The van der Waals surface area contributed by atoms with Crippen LogP contribution in [0.4, 0.5) is 17.1 Å². The quantitative estimate of drug-likeness (QED) is 0.113. The Balaban J connectivity index is 1.19. The summed E-state index contributed by atoms with van der Waals surface area (Å²) >= 11 is 0. The third-order valence-electron chi connectivity index (χ3n) is 12.9. The number of fused-ring (bicyclic) bond motifs is 9. The lowest BCUT2D eigenvalue weighted by Gasteiger charge is -2.25. The zero-order valence-electron chi connectivity index (χ0n) is 36.0. The fourth-order valence-electron chi connectivity index (χ4n) is 10.0. The molecule has 5 nitrogen and oxygen atoms in total. The Morgan fingerprint density at radius 1 is 0.585 bits per heavy atom. The van der Waals surface area contributed by atoms with Crippen LogP contribution in [0.1, 0.15) is 25.0 Å². The Hall–Kier alpha value is -8.90. The predicted octanol–water partition coefficient (Wildman–Crippen LogP) is 16.0. The smallest absolute Gasteiger partial charge is 0.101 e. The minimum absolute atomic E-state index is 0.239. The number of nitriles is 2. The van der Waals surface area contributed by atoms with Gasteiger partial charge in [-0.2, -0.15) is 10.5 Å². The van der Waals surface area contributed by atoms with Gasteiger partial charge in [0.15, 0.2) is 0 Å². The molecular formula is C60H41N5. The van der Waals surface area contributed by atoms with Gasteiger partial charge in [0.25, 0.3) is 0 Å². The van der Waals surface area contributed by atoms with Gasteiger partial charge in [-0.05, 0) is 119 Å². The van der Waals surface area contributed by atoms with Crippen LogP contribution in [-0.4, -0.2) is 9.13 Å². The molecule has 10 aromatic rings. The predicted molar refractivity (Wildman–Crippen MR) is 274 cm³/mol. The highest BCUT2D eigenvalue weighted by atomic mass is 15.1. The first kappa shape index (κ1) is 39.0. The van der Waals surface area contributed by atoms with E-state index in [0.717, 1.165) is 110 Å². The first-order chi connectivity index (χ1) is 31.9. The zero-order valence-corrected chi connectivity index (χ0v) is 36.0. The molecule has 0 N–H and O–H groups in total. The Morgan fingerprint density at radius 2 is 1.25 bits per heavy atom. The van der Waals surface area contributed by atoms with E-state index in [4.69, 9.17) is 0 Å². The third kappa shape index (κ3) is 5.99. The van der Waals surface area contributed by atoms with Gasteiger partial charge in [0.1, 0.15) is 12.1 Å². The minimum atomic E-state index is 0.239. The van der Waals surface area contributed by atoms with Gasteiger partial charge >= 0.3 is 0 Å². The number of allylic oxidation sites excluding steroid dienone is 10. The van der Waals surface area contributed by atoms with Crippen LogP contribution in [0, 0.1) is 22.7 Å². The maximum absolute atomic E-state index is 11.3. The standard InChI is InChI=1S/C60H41N5/c1-5-6-23-46-39(3)47-26-17-27-50-58(47)51(46)35-52-49-25-15-16-28-54(49)63(60(50)52)40(4)42(37-62)33-57(38(2)36-61)65-55-32-30-45(64(43-19-9-7-10-20-43)44-21-11-8-12-22-44)34-53(55)59-48-24-14-13-18-41(48)29-31-56(59)65/h5-35H,2-3H2,1,4H3/b6-5-,42-40-,46-23+,57-33+. The highest BCUT2D eigenvalue weighted by Crippen LogP contribution is 2.50. The van der Waals surface area contributed by atoms with Crippen LogP contribution < -0.4 is 4.90 Å².